The highest BCUT2D eigenvalue weighted by Gasteiger charge is 2.07. The number of nitrogens with zero attached hydrogens (tertiary/aromatic N) is 1. The van der Waals surface area contributed by atoms with Crippen LogP contribution in [0.1, 0.15) is 12.5 Å². The molecule has 0 saturated heterocycles. The lowest BCUT2D eigenvalue weighted by Crippen LogP contribution is -2.08. The Labute approximate surface area is 92.2 Å². The van der Waals surface area contributed by atoms with E-state index in [-0.39, 0.29) is 0 Å². The quantitative estimate of drug-likeness (QED) is 0.473. The van der Waals surface area contributed by atoms with Crippen molar-refractivity contribution in [3.05, 3.63) is 22.7 Å². The molecule has 1 aromatic rings. The molecule has 14 heavy (non-hydrogen) atoms. The highest BCUT2D eigenvalue weighted by Crippen LogP contribution is 2.31. The van der Waals surface area contributed by atoms with E-state index in [2.05, 4.69) is 5.43 Å². The van der Waals surface area contributed by atoms with Gasteiger partial charge in [0.25, 0.3) is 0 Å². The first-order valence-electron chi connectivity index (χ1n) is 4.06. The number of thioether (sulfide) groups is 1. The van der Waals surface area contributed by atoms with Gasteiger partial charge in [-0.1, -0.05) is 18.5 Å². The molecular weight excluding hydrogens is 218 g/mol. The summed E-state index contributed by atoms with van der Waals surface area (Å²) in [5.41, 5.74) is 3.72. The first-order chi connectivity index (χ1) is 6.72. The zero-order valence-electron chi connectivity index (χ0n) is 7.67. The van der Waals surface area contributed by atoms with Gasteiger partial charge in [-0.25, -0.2) is 0 Å². The maximum absolute atomic E-state index is 8.75. The second-order valence-corrected chi connectivity index (χ2v) is 4.23. The van der Waals surface area contributed by atoms with Crippen molar-refractivity contribution in [1.82, 2.24) is 0 Å². The van der Waals surface area contributed by atoms with E-state index in [0.29, 0.717) is 10.6 Å². The minimum Gasteiger partial charge on any atom is -0.323 e. The molecule has 0 unspecified atom stereocenters. The normalized spacial score (nSPS) is 9.57. The van der Waals surface area contributed by atoms with Crippen molar-refractivity contribution in [2.45, 2.75) is 11.8 Å². The molecule has 0 fully saturated rings. The van der Waals surface area contributed by atoms with E-state index in [9.17, 15) is 0 Å². The maximum atomic E-state index is 8.75. The van der Waals surface area contributed by atoms with Crippen LogP contribution in [-0.4, -0.2) is 5.75 Å². The Bertz CT molecular complexity index is 373. The topological polar surface area (TPSA) is 61.8 Å². The molecule has 0 atom stereocenters. The van der Waals surface area contributed by atoms with Crippen molar-refractivity contribution >= 4 is 29.1 Å². The molecule has 74 valence electrons. The van der Waals surface area contributed by atoms with Gasteiger partial charge < -0.3 is 5.43 Å². The van der Waals surface area contributed by atoms with Crippen LogP contribution in [0.2, 0.25) is 5.02 Å². The summed E-state index contributed by atoms with van der Waals surface area (Å²) < 4.78 is 0. The fraction of sp³-hybridized carbons (Fsp3) is 0.222. The predicted molar refractivity (Wildman–Crippen MR) is 60.4 cm³/mol. The smallest absolute Gasteiger partial charge is 0.101 e. The number of benzene rings is 1. The standard InChI is InChI=1S/C9H10ClN3S/c1-2-14-9-4-7(10)6(5-11)3-8(9)13-12/h3-4,13H,2,12H2,1H3. The lowest BCUT2D eigenvalue weighted by Gasteiger charge is -2.08. The Balaban J connectivity index is 3.18. The summed E-state index contributed by atoms with van der Waals surface area (Å²) in [5, 5.41) is 9.21. The van der Waals surface area contributed by atoms with E-state index < -0.39 is 0 Å². The van der Waals surface area contributed by atoms with Gasteiger partial charge in [-0.2, -0.15) is 5.26 Å². The largest absolute Gasteiger partial charge is 0.323 e. The average molecular weight is 228 g/mol. The first kappa shape index (κ1) is 11.2. The number of nitrogen functional groups attached to an aromatic ring is 1. The van der Waals surface area contributed by atoms with E-state index in [4.69, 9.17) is 22.7 Å². The molecule has 0 aliphatic rings. The number of nitrogens with one attached hydrogen (secondary N) is 1. The number of rotatable bonds is 3. The summed E-state index contributed by atoms with van der Waals surface area (Å²) in [4.78, 5) is 0.957. The monoisotopic (exact) mass is 227 g/mol. The zero-order chi connectivity index (χ0) is 10.6. The van der Waals surface area contributed by atoms with Gasteiger partial charge in [0, 0.05) is 4.90 Å². The first-order valence-corrected chi connectivity index (χ1v) is 5.42. The minimum atomic E-state index is 0.431. The van der Waals surface area contributed by atoms with Crippen LogP contribution in [0.3, 0.4) is 0 Å². The van der Waals surface area contributed by atoms with Gasteiger partial charge in [-0.3, -0.25) is 5.84 Å². The molecule has 0 amide bonds. The Hall–Kier alpha value is -0.890. The molecule has 0 saturated carbocycles. The van der Waals surface area contributed by atoms with Gasteiger partial charge in [0.05, 0.1) is 16.3 Å². The summed E-state index contributed by atoms with van der Waals surface area (Å²) in [6, 6.07) is 5.41. The molecule has 0 bridgehead atoms. The van der Waals surface area contributed by atoms with E-state index in [1.807, 2.05) is 13.0 Å². The number of nitriles is 1. The number of anilines is 1. The van der Waals surface area contributed by atoms with Crippen molar-refractivity contribution in [3.8, 4) is 6.07 Å². The van der Waals surface area contributed by atoms with Gasteiger partial charge in [0.2, 0.25) is 0 Å². The lowest BCUT2D eigenvalue weighted by molar-refractivity contribution is 1.28. The van der Waals surface area contributed by atoms with Gasteiger partial charge in [-0.05, 0) is 17.9 Å². The van der Waals surface area contributed by atoms with Crippen LogP contribution in [-0.2, 0) is 0 Å². The van der Waals surface area contributed by atoms with Crippen molar-refractivity contribution in [1.29, 1.82) is 5.26 Å². The molecule has 1 rings (SSSR count). The number of halogens is 1. The molecular formula is C9H10ClN3S. The molecule has 1 aromatic carbocycles. The van der Waals surface area contributed by atoms with Gasteiger partial charge in [0.15, 0.2) is 0 Å². The molecule has 3 nitrogen and oxygen atoms in total. The number of hydrogen-bond acceptors (Lipinski definition) is 4. The second-order valence-electron chi connectivity index (χ2n) is 2.52. The third-order valence-corrected chi connectivity index (χ3v) is 2.90. The molecule has 5 heteroatoms. The van der Waals surface area contributed by atoms with E-state index in [0.717, 1.165) is 16.3 Å². The molecule has 0 aliphatic carbocycles. The lowest BCUT2D eigenvalue weighted by atomic mass is 10.2. The highest BCUT2D eigenvalue weighted by molar-refractivity contribution is 7.99. The van der Waals surface area contributed by atoms with Crippen LogP contribution in [0.5, 0.6) is 0 Å². The number of nitrogens with two attached hydrogens (primary N) is 1. The number of hydrogen-bond donors (Lipinski definition) is 2. The van der Waals surface area contributed by atoms with E-state index >= 15 is 0 Å². The zero-order valence-corrected chi connectivity index (χ0v) is 9.25. The third-order valence-electron chi connectivity index (χ3n) is 1.65. The summed E-state index contributed by atoms with van der Waals surface area (Å²) in [6.45, 7) is 2.04. The van der Waals surface area contributed by atoms with E-state index in [1.54, 1.807) is 23.9 Å². The van der Waals surface area contributed by atoms with Gasteiger partial charge >= 0.3 is 0 Å². The highest BCUT2D eigenvalue weighted by atomic mass is 35.5. The summed E-state index contributed by atoms with van der Waals surface area (Å²) in [5.74, 6) is 6.27. The molecule has 0 aromatic heterocycles. The minimum absolute atomic E-state index is 0.431. The molecule has 0 spiro atoms. The molecule has 3 N–H and O–H groups in total. The maximum Gasteiger partial charge on any atom is 0.101 e. The number of hydrazine groups is 1. The van der Waals surface area contributed by atoms with Crippen molar-refractivity contribution in [2.24, 2.45) is 5.84 Å². The Kier molecular flexibility index (Phi) is 4.08. The van der Waals surface area contributed by atoms with Crippen molar-refractivity contribution in [2.75, 3.05) is 11.2 Å². The van der Waals surface area contributed by atoms with Crippen LogP contribution in [0.4, 0.5) is 5.69 Å². The molecule has 0 aliphatic heterocycles. The molecule has 0 radical (unpaired) electrons. The van der Waals surface area contributed by atoms with Crippen molar-refractivity contribution < 1.29 is 0 Å². The van der Waals surface area contributed by atoms with Crippen LogP contribution < -0.4 is 11.3 Å². The average Bonchev–Trinajstić information content (AvgIpc) is 2.19. The van der Waals surface area contributed by atoms with E-state index in [1.165, 1.54) is 0 Å². The van der Waals surface area contributed by atoms with Crippen LogP contribution in [0.25, 0.3) is 0 Å². The third kappa shape index (κ3) is 2.32. The van der Waals surface area contributed by atoms with Gasteiger partial charge in [0.1, 0.15) is 6.07 Å². The van der Waals surface area contributed by atoms with Gasteiger partial charge in [-0.15, -0.1) is 11.8 Å². The SMILES string of the molecule is CCSc1cc(Cl)c(C#N)cc1NN. The van der Waals surface area contributed by atoms with Crippen molar-refractivity contribution in [3.63, 3.8) is 0 Å². The van der Waals surface area contributed by atoms with Crippen LogP contribution in [0, 0.1) is 11.3 Å². The Morgan fingerprint density at radius 2 is 2.36 bits per heavy atom. The molecule has 0 heterocycles. The summed E-state index contributed by atoms with van der Waals surface area (Å²) in [7, 11) is 0. The van der Waals surface area contributed by atoms with Crippen LogP contribution in [0.15, 0.2) is 17.0 Å². The Morgan fingerprint density at radius 1 is 1.64 bits per heavy atom. The van der Waals surface area contributed by atoms with Crippen LogP contribution >= 0.6 is 23.4 Å². The fourth-order valence-corrected chi connectivity index (χ4v) is 2.08. The summed E-state index contributed by atoms with van der Waals surface area (Å²) in [6.07, 6.45) is 0. The second kappa shape index (κ2) is 5.11. The predicted octanol–water partition coefficient (Wildman–Crippen LogP) is 2.61. The fourth-order valence-electron chi connectivity index (χ4n) is 1.03. The summed E-state index contributed by atoms with van der Waals surface area (Å²) >= 11 is 7.51. The Morgan fingerprint density at radius 3 is 2.86 bits per heavy atom.